The molecule has 4 heteroatoms. The molecule has 2 rings (SSSR count). The summed E-state index contributed by atoms with van der Waals surface area (Å²) >= 11 is 0. The van der Waals surface area contributed by atoms with Crippen LogP contribution in [0.2, 0.25) is 0 Å². The van der Waals surface area contributed by atoms with Crippen LogP contribution in [0.1, 0.15) is 25.5 Å². The van der Waals surface area contributed by atoms with Crippen LogP contribution in [0.4, 0.5) is 4.39 Å². The zero-order valence-corrected chi connectivity index (χ0v) is 12.5. The monoisotopic (exact) mass is 289 g/mol. The van der Waals surface area contributed by atoms with Gasteiger partial charge in [0.1, 0.15) is 11.5 Å². The number of nitrogens with one attached hydrogen (secondary N) is 1. The van der Waals surface area contributed by atoms with Gasteiger partial charge in [0.15, 0.2) is 11.6 Å². The van der Waals surface area contributed by atoms with Crippen LogP contribution < -0.4 is 14.8 Å². The van der Waals surface area contributed by atoms with E-state index < -0.39 is 0 Å². The maximum atomic E-state index is 14.1. The topological polar surface area (TPSA) is 30.5 Å². The first-order valence-corrected chi connectivity index (χ1v) is 7.01. The first-order chi connectivity index (χ1) is 10.1. The van der Waals surface area contributed by atoms with Gasteiger partial charge in [-0.25, -0.2) is 4.39 Å². The lowest BCUT2D eigenvalue weighted by Crippen LogP contribution is -2.12. The Balaban J connectivity index is 2.12. The minimum atomic E-state index is -0.372. The SMILES string of the molecule is CCOc1ccc(Oc2ccc(C(C)NC)cc2F)cc1. The average molecular weight is 289 g/mol. The minimum absolute atomic E-state index is 0.0963. The van der Waals surface area contributed by atoms with Crippen LogP contribution >= 0.6 is 0 Å². The molecule has 1 unspecified atom stereocenters. The van der Waals surface area contributed by atoms with Crippen LogP contribution in [0.25, 0.3) is 0 Å². The highest BCUT2D eigenvalue weighted by Crippen LogP contribution is 2.28. The van der Waals surface area contributed by atoms with Crippen molar-refractivity contribution < 1.29 is 13.9 Å². The number of ether oxygens (including phenoxy) is 2. The molecule has 0 bridgehead atoms. The van der Waals surface area contributed by atoms with Gasteiger partial charge in [-0.1, -0.05) is 6.07 Å². The van der Waals surface area contributed by atoms with Gasteiger partial charge in [0.2, 0.25) is 0 Å². The molecule has 3 nitrogen and oxygen atoms in total. The quantitative estimate of drug-likeness (QED) is 0.860. The molecule has 0 spiro atoms. The highest BCUT2D eigenvalue weighted by Gasteiger charge is 2.09. The largest absolute Gasteiger partial charge is 0.494 e. The molecular formula is C17H20FNO2. The summed E-state index contributed by atoms with van der Waals surface area (Å²) < 4.78 is 25.0. The molecule has 0 aliphatic heterocycles. The Morgan fingerprint density at radius 1 is 1.10 bits per heavy atom. The Morgan fingerprint density at radius 3 is 2.33 bits per heavy atom. The Bertz CT molecular complexity index is 584. The van der Waals surface area contributed by atoms with Gasteiger partial charge >= 0.3 is 0 Å². The van der Waals surface area contributed by atoms with E-state index in [2.05, 4.69) is 5.32 Å². The third-order valence-electron chi connectivity index (χ3n) is 3.25. The average Bonchev–Trinajstić information content (AvgIpc) is 2.50. The normalized spacial score (nSPS) is 12.0. The Morgan fingerprint density at radius 2 is 1.76 bits per heavy atom. The molecule has 2 aromatic rings. The first kappa shape index (κ1) is 15.3. The van der Waals surface area contributed by atoms with E-state index in [1.165, 1.54) is 6.07 Å². The second-order valence-electron chi connectivity index (χ2n) is 4.71. The van der Waals surface area contributed by atoms with Gasteiger partial charge in [0.25, 0.3) is 0 Å². The van der Waals surface area contributed by atoms with Crippen LogP contribution in [0.15, 0.2) is 42.5 Å². The Kier molecular flexibility index (Phi) is 5.17. The highest BCUT2D eigenvalue weighted by molar-refractivity contribution is 5.37. The second-order valence-corrected chi connectivity index (χ2v) is 4.71. The predicted octanol–water partition coefficient (Wildman–Crippen LogP) is 4.30. The van der Waals surface area contributed by atoms with Crippen molar-refractivity contribution in [2.75, 3.05) is 13.7 Å². The molecule has 0 fully saturated rings. The predicted molar refractivity (Wildman–Crippen MR) is 81.6 cm³/mol. The van der Waals surface area contributed by atoms with Gasteiger partial charge < -0.3 is 14.8 Å². The number of benzene rings is 2. The lowest BCUT2D eigenvalue weighted by molar-refractivity contribution is 0.339. The third kappa shape index (κ3) is 3.95. The Hall–Kier alpha value is -2.07. The Labute approximate surface area is 124 Å². The summed E-state index contributed by atoms with van der Waals surface area (Å²) in [6, 6.07) is 12.2. The number of rotatable bonds is 6. The van der Waals surface area contributed by atoms with E-state index in [0.717, 1.165) is 11.3 Å². The van der Waals surface area contributed by atoms with Crippen molar-refractivity contribution >= 4 is 0 Å². The van der Waals surface area contributed by atoms with Crippen molar-refractivity contribution in [1.29, 1.82) is 0 Å². The van der Waals surface area contributed by atoms with Crippen molar-refractivity contribution in [1.82, 2.24) is 5.32 Å². The van der Waals surface area contributed by atoms with E-state index in [1.807, 2.05) is 27.0 Å². The summed E-state index contributed by atoms with van der Waals surface area (Å²) in [5, 5.41) is 3.07. The second kappa shape index (κ2) is 7.09. The fourth-order valence-corrected chi connectivity index (χ4v) is 1.93. The molecule has 0 heterocycles. The first-order valence-electron chi connectivity index (χ1n) is 7.01. The molecule has 0 aromatic heterocycles. The molecule has 2 aromatic carbocycles. The standard InChI is InChI=1S/C17H20FNO2/c1-4-20-14-6-8-15(9-7-14)21-17-10-5-13(11-16(17)18)12(2)19-3/h5-12,19H,4H2,1-3H3. The zero-order chi connectivity index (χ0) is 15.2. The third-order valence-corrected chi connectivity index (χ3v) is 3.25. The van der Waals surface area contributed by atoms with Crippen molar-refractivity contribution in [3.63, 3.8) is 0 Å². The molecule has 0 aliphatic rings. The van der Waals surface area contributed by atoms with E-state index in [9.17, 15) is 4.39 Å². The smallest absolute Gasteiger partial charge is 0.166 e. The zero-order valence-electron chi connectivity index (χ0n) is 12.5. The van der Waals surface area contributed by atoms with E-state index >= 15 is 0 Å². The molecule has 1 atom stereocenters. The fourth-order valence-electron chi connectivity index (χ4n) is 1.93. The molecule has 21 heavy (non-hydrogen) atoms. The van der Waals surface area contributed by atoms with Crippen LogP contribution in [-0.2, 0) is 0 Å². The van der Waals surface area contributed by atoms with Gasteiger partial charge in [-0.3, -0.25) is 0 Å². The number of hydrogen-bond acceptors (Lipinski definition) is 3. The van der Waals surface area contributed by atoms with E-state index in [4.69, 9.17) is 9.47 Å². The molecule has 0 aliphatic carbocycles. The molecule has 0 saturated heterocycles. The van der Waals surface area contributed by atoms with E-state index in [-0.39, 0.29) is 17.6 Å². The summed E-state index contributed by atoms with van der Waals surface area (Å²) in [5.41, 5.74) is 0.883. The lowest BCUT2D eigenvalue weighted by Gasteiger charge is -2.13. The molecule has 112 valence electrons. The van der Waals surface area contributed by atoms with Crippen molar-refractivity contribution in [3.05, 3.63) is 53.8 Å². The van der Waals surface area contributed by atoms with E-state index in [1.54, 1.807) is 30.3 Å². The molecule has 0 radical (unpaired) electrons. The summed E-state index contributed by atoms with van der Waals surface area (Å²) in [6.07, 6.45) is 0. The van der Waals surface area contributed by atoms with Crippen LogP contribution in [0, 0.1) is 5.82 Å². The molecule has 0 amide bonds. The number of halogens is 1. The number of hydrogen-bond donors (Lipinski definition) is 1. The maximum Gasteiger partial charge on any atom is 0.166 e. The van der Waals surface area contributed by atoms with Gasteiger partial charge in [-0.05, 0) is 62.9 Å². The summed E-state index contributed by atoms with van der Waals surface area (Å²) in [7, 11) is 1.84. The summed E-state index contributed by atoms with van der Waals surface area (Å²) in [5.74, 6) is 1.19. The van der Waals surface area contributed by atoms with Crippen molar-refractivity contribution in [2.24, 2.45) is 0 Å². The molecule has 1 N–H and O–H groups in total. The summed E-state index contributed by atoms with van der Waals surface area (Å²) in [4.78, 5) is 0. The van der Waals surface area contributed by atoms with Gasteiger partial charge in [-0.15, -0.1) is 0 Å². The summed E-state index contributed by atoms with van der Waals surface area (Å²) in [6.45, 7) is 4.51. The van der Waals surface area contributed by atoms with E-state index in [0.29, 0.717) is 12.4 Å². The fraction of sp³-hybridized carbons (Fsp3) is 0.294. The van der Waals surface area contributed by atoms with Crippen LogP contribution in [0.5, 0.6) is 17.2 Å². The maximum absolute atomic E-state index is 14.1. The van der Waals surface area contributed by atoms with Crippen molar-refractivity contribution in [2.45, 2.75) is 19.9 Å². The highest BCUT2D eigenvalue weighted by atomic mass is 19.1. The minimum Gasteiger partial charge on any atom is -0.494 e. The lowest BCUT2D eigenvalue weighted by atomic mass is 10.1. The molecule has 0 saturated carbocycles. The van der Waals surface area contributed by atoms with Gasteiger partial charge in [-0.2, -0.15) is 0 Å². The van der Waals surface area contributed by atoms with Crippen LogP contribution in [0.3, 0.4) is 0 Å². The van der Waals surface area contributed by atoms with Crippen LogP contribution in [-0.4, -0.2) is 13.7 Å². The van der Waals surface area contributed by atoms with Crippen molar-refractivity contribution in [3.8, 4) is 17.2 Å². The molecular weight excluding hydrogens is 269 g/mol. The van der Waals surface area contributed by atoms with Gasteiger partial charge in [0, 0.05) is 6.04 Å². The van der Waals surface area contributed by atoms with Gasteiger partial charge in [0.05, 0.1) is 6.61 Å².